The lowest BCUT2D eigenvalue weighted by atomic mass is 10.1. The summed E-state index contributed by atoms with van der Waals surface area (Å²) >= 11 is 4.99. The van der Waals surface area contributed by atoms with E-state index >= 15 is 0 Å². The van der Waals surface area contributed by atoms with Gasteiger partial charge in [-0.15, -0.1) is 11.3 Å². The van der Waals surface area contributed by atoms with E-state index in [-0.39, 0.29) is 0 Å². The number of thiazole rings is 1. The SMILES string of the molecule is CCOP(=O)(OCC)c1ccoc1-c1nc(Br)sc1CC(C)C. The molecule has 0 spiro atoms. The molecule has 0 saturated heterocycles. The number of rotatable bonds is 8. The van der Waals surface area contributed by atoms with Crippen molar-refractivity contribution in [3.63, 3.8) is 0 Å². The third-order valence-electron chi connectivity index (χ3n) is 3.02. The molecule has 0 aliphatic heterocycles. The minimum atomic E-state index is -3.42. The zero-order chi connectivity index (χ0) is 17.0. The van der Waals surface area contributed by atoms with Crippen LogP contribution in [0.1, 0.15) is 32.6 Å². The van der Waals surface area contributed by atoms with Crippen molar-refractivity contribution in [3.8, 4) is 11.5 Å². The van der Waals surface area contributed by atoms with Crippen LogP contribution in [0.3, 0.4) is 0 Å². The van der Waals surface area contributed by atoms with E-state index in [1.165, 1.54) is 6.26 Å². The fourth-order valence-corrected chi connectivity index (χ4v) is 5.66. The maximum atomic E-state index is 13.1. The van der Waals surface area contributed by atoms with E-state index in [0.29, 0.717) is 35.9 Å². The van der Waals surface area contributed by atoms with Crippen LogP contribution in [-0.4, -0.2) is 18.2 Å². The van der Waals surface area contributed by atoms with Gasteiger partial charge in [0.05, 0.1) is 19.5 Å². The first-order valence-corrected chi connectivity index (χ1v) is 10.7. The molecule has 0 N–H and O–H groups in total. The van der Waals surface area contributed by atoms with Crippen LogP contribution in [0.5, 0.6) is 0 Å². The van der Waals surface area contributed by atoms with Crippen LogP contribution in [0.2, 0.25) is 0 Å². The topological polar surface area (TPSA) is 61.6 Å². The van der Waals surface area contributed by atoms with Crippen molar-refractivity contribution in [2.24, 2.45) is 5.92 Å². The van der Waals surface area contributed by atoms with Crippen molar-refractivity contribution in [2.45, 2.75) is 34.1 Å². The second-order valence-electron chi connectivity index (χ2n) is 5.30. The molecule has 0 unspecified atom stereocenters. The van der Waals surface area contributed by atoms with E-state index in [9.17, 15) is 4.57 Å². The van der Waals surface area contributed by atoms with Crippen LogP contribution in [0.4, 0.5) is 0 Å². The first-order valence-electron chi connectivity index (χ1n) is 7.54. The number of hydrogen-bond donors (Lipinski definition) is 0. The molecule has 0 fully saturated rings. The Balaban J connectivity index is 2.51. The van der Waals surface area contributed by atoms with Gasteiger partial charge in [-0.25, -0.2) is 4.98 Å². The van der Waals surface area contributed by atoms with E-state index in [1.54, 1.807) is 31.3 Å². The predicted octanol–water partition coefficient (Wildman–Crippen LogP) is 5.26. The number of aromatic nitrogens is 1. The molecule has 23 heavy (non-hydrogen) atoms. The quantitative estimate of drug-likeness (QED) is 0.544. The Hall–Kier alpha value is -0.460. The van der Waals surface area contributed by atoms with Crippen molar-refractivity contribution in [3.05, 3.63) is 21.1 Å². The summed E-state index contributed by atoms with van der Waals surface area (Å²) in [7, 11) is -3.42. The van der Waals surface area contributed by atoms with Gasteiger partial charge in [0.25, 0.3) is 0 Å². The molecule has 0 bridgehead atoms. The average Bonchev–Trinajstić information content (AvgIpc) is 3.05. The fraction of sp³-hybridized carbons (Fsp3) is 0.533. The lowest BCUT2D eigenvalue weighted by molar-refractivity contribution is 0.230. The zero-order valence-electron chi connectivity index (χ0n) is 13.7. The van der Waals surface area contributed by atoms with Gasteiger partial charge in [0.1, 0.15) is 11.0 Å². The van der Waals surface area contributed by atoms with Crippen molar-refractivity contribution in [1.29, 1.82) is 0 Å². The van der Waals surface area contributed by atoms with Crippen molar-refractivity contribution >= 4 is 40.2 Å². The van der Waals surface area contributed by atoms with Crippen LogP contribution in [-0.2, 0) is 20.0 Å². The molecule has 0 amide bonds. The highest BCUT2D eigenvalue weighted by Crippen LogP contribution is 2.50. The highest BCUT2D eigenvalue weighted by atomic mass is 79.9. The van der Waals surface area contributed by atoms with Crippen LogP contribution >= 0.6 is 34.9 Å². The molecule has 0 aromatic carbocycles. The summed E-state index contributed by atoms with van der Waals surface area (Å²) in [5.41, 5.74) is 0.704. The molecule has 0 saturated carbocycles. The van der Waals surface area contributed by atoms with Crippen LogP contribution in [0, 0.1) is 5.92 Å². The van der Waals surface area contributed by atoms with Crippen molar-refractivity contribution < 1.29 is 18.0 Å². The van der Waals surface area contributed by atoms with Crippen LogP contribution < -0.4 is 5.30 Å². The molecular formula is C15H21BrNO4PS. The summed E-state index contributed by atoms with van der Waals surface area (Å²) in [5, 5.41) is 0.434. The fourth-order valence-electron chi connectivity index (χ4n) is 2.22. The summed E-state index contributed by atoms with van der Waals surface area (Å²) in [6, 6.07) is 1.65. The molecule has 0 aliphatic carbocycles. The Labute approximate surface area is 149 Å². The molecular weight excluding hydrogens is 401 g/mol. The third kappa shape index (κ3) is 4.34. The Bertz CT molecular complexity index is 687. The van der Waals surface area contributed by atoms with Gasteiger partial charge in [-0.2, -0.15) is 0 Å². The molecule has 0 aliphatic rings. The Morgan fingerprint density at radius 2 is 2.00 bits per heavy atom. The van der Waals surface area contributed by atoms with E-state index in [2.05, 4.69) is 34.8 Å². The lowest BCUT2D eigenvalue weighted by Crippen LogP contribution is -2.11. The number of halogens is 1. The highest BCUT2D eigenvalue weighted by molar-refractivity contribution is 9.11. The van der Waals surface area contributed by atoms with Crippen molar-refractivity contribution in [2.75, 3.05) is 13.2 Å². The van der Waals surface area contributed by atoms with Crippen molar-refractivity contribution in [1.82, 2.24) is 4.98 Å². The van der Waals surface area contributed by atoms with E-state index in [4.69, 9.17) is 13.5 Å². The van der Waals surface area contributed by atoms with Gasteiger partial charge in [-0.3, -0.25) is 4.57 Å². The van der Waals surface area contributed by atoms with Crippen LogP contribution in [0.25, 0.3) is 11.5 Å². The van der Waals surface area contributed by atoms with E-state index < -0.39 is 7.60 Å². The Morgan fingerprint density at radius 3 is 2.57 bits per heavy atom. The predicted molar refractivity (Wildman–Crippen MR) is 96.6 cm³/mol. The number of furan rings is 1. The van der Waals surface area contributed by atoms with E-state index in [1.807, 2.05) is 0 Å². The summed E-state index contributed by atoms with van der Waals surface area (Å²) < 4.78 is 30.3. The molecule has 2 rings (SSSR count). The smallest absolute Gasteiger partial charge is 0.365 e. The van der Waals surface area contributed by atoms with Crippen LogP contribution in [0.15, 0.2) is 20.7 Å². The van der Waals surface area contributed by atoms with Gasteiger partial charge in [0.15, 0.2) is 9.68 Å². The Morgan fingerprint density at radius 1 is 1.35 bits per heavy atom. The monoisotopic (exact) mass is 421 g/mol. The largest absolute Gasteiger partial charge is 0.462 e. The summed E-state index contributed by atoms with van der Waals surface area (Å²) in [5.74, 6) is 0.943. The molecule has 8 heteroatoms. The molecule has 2 heterocycles. The number of hydrogen-bond acceptors (Lipinski definition) is 6. The maximum absolute atomic E-state index is 13.1. The lowest BCUT2D eigenvalue weighted by Gasteiger charge is -2.16. The van der Waals surface area contributed by atoms with E-state index in [0.717, 1.165) is 15.2 Å². The molecule has 0 atom stereocenters. The Kier molecular flexibility index (Phi) is 6.63. The first kappa shape index (κ1) is 18.9. The van der Waals surface area contributed by atoms with Gasteiger partial charge in [0.2, 0.25) is 0 Å². The molecule has 5 nitrogen and oxygen atoms in total. The second kappa shape index (κ2) is 8.08. The molecule has 128 valence electrons. The molecule has 0 radical (unpaired) electrons. The highest BCUT2D eigenvalue weighted by Gasteiger charge is 2.34. The minimum Gasteiger partial charge on any atom is -0.462 e. The van der Waals surface area contributed by atoms with Gasteiger partial charge < -0.3 is 13.5 Å². The van der Waals surface area contributed by atoms with Gasteiger partial charge >= 0.3 is 7.60 Å². The minimum absolute atomic E-state index is 0.293. The van der Waals surface area contributed by atoms with Gasteiger partial charge in [-0.1, -0.05) is 13.8 Å². The second-order valence-corrected chi connectivity index (χ2v) is 9.66. The van der Waals surface area contributed by atoms with Gasteiger partial charge in [-0.05, 0) is 48.2 Å². The first-order chi connectivity index (χ1) is 10.9. The molecule has 2 aromatic rings. The maximum Gasteiger partial charge on any atom is 0.365 e. The summed E-state index contributed by atoms with van der Waals surface area (Å²) in [4.78, 5) is 5.60. The third-order valence-corrected chi connectivity index (χ3v) is 6.69. The number of nitrogens with zero attached hydrogens (tertiary/aromatic N) is 1. The summed E-state index contributed by atoms with van der Waals surface area (Å²) in [6.45, 7) is 8.45. The normalized spacial score (nSPS) is 12.3. The van der Waals surface area contributed by atoms with Gasteiger partial charge in [0, 0.05) is 4.88 Å². The summed E-state index contributed by atoms with van der Waals surface area (Å²) in [6.07, 6.45) is 2.37. The zero-order valence-corrected chi connectivity index (χ0v) is 17.0. The molecule has 2 aromatic heterocycles. The standard InChI is InChI=1S/C15H21BrNO4PS/c1-5-20-22(18,21-6-2)11-7-8-19-14(11)13-12(9-10(3)4)23-15(16)17-13/h7-8,10H,5-6,9H2,1-4H3. The average molecular weight is 422 g/mol.